The normalized spacial score (nSPS) is 20.3. The van der Waals surface area contributed by atoms with Crippen LogP contribution in [0.4, 0.5) is 0 Å². The van der Waals surface area contributed by atoms with Gasteiger partial charge in [0, 0.05) is 6.42 Å². The standard InChI is InChI=1S/C18H20O5/c1-3-17-12-8-16(22)14(20)5-10(12)6-18(23-17)11-7-15(21)13(19)4-9(11)2/h4-5,7-8,17-22H,3,6H2,1-2H3. The summed E-state index contributed by atoms with van der Waals surface area (Å²) in [5.74, 6) is -0.633. The molecule has 0 saturated heterocycles. The van der Waals surface area contributed by atoms with Crippen molar-refractivity contribution >= 4 is 0 Å². The molecule has 1 aliphatic rings. The Bertz CT molecular complexity index is 754. The molecule has 5 heteroatoms. The molecule has 4 N–H and O–H groups in total. The number of aromatic hydroxyl groups is 4. The lowest BCUT2D eigenvalue weighted by molar-refractivity contribution is -0.0298. The van der Waals surface area contributed by atoms with Gasteiger partial charge in [0.25, 0.3) is 0 Å². The Morgan fingerprint density at radius 1 is 0.913 bits per heavy atom. The van der Waals surface area contributed by atoms with Gasteiger partial charge in [0.05, 0.1) is 12.2 Å². The minimum atomic E-state index is -0.289. The summed E-state index contributed by atoms with van der Waals surface area (Å²) in [5, 5.41) is 38.8. The lowest BCUT2D eigenvalue weighted by Gasteiger charge is -2.33. The highest BCUT2D eigenvalue weighted by Gasteiger charge is 2.30. The first-order chi connectivity index (χ1) is 10.9. The maximum Gasteiger partial charge on any atom is 0.157 e. The Labute approximate surface area is 134 Å². The average molecular weight is 316 g/mol. The van der Waals surface area contributed by atoms with Crippen LogP contribution < -0.4 is 0 Å². The third kappa shape index (κ3) is 2.68. The van der Waals surface area contributed by atoms with Gasteiger partial charge in [-0.05, 0) is 59.9 Å². The van der Waals surface area contributed by atoms with Crippen molar-refractivity contribution in [2.45, 2.75) is 38.9 Å². The number of phenols is 4. The minimum Gasteiger partial charge on any atom is -0.504 e. The molecule has 2 atom stereocenters. The van der Waals surface area contributed by atoms with E-state index in [0.717, 1.165) is 28.7 Å². The Balaban J connectivity index is 2.04. The maximum atomic E-state index is 9.78. The number of hydrogen-bond donors (Lipinski definition) is 4. The van der Waals surface area contributed by atoms with E-state index < -0.39 is 0 Å². The van der Waals surface area contributed by atoms with Gasteiger partial charge < -0.3 is 25.2 Å². The van der Waals surface area contributed by atoms with Gasteiger partial charge in [-0.1, -0.05) is 6.92 Å². The van der Waals surface area contributed by atoms with E-state index in [2.05, 4.69) is 0 Å². The molecule has 2 unspecified atom stereocenters. The summed E-state index contributed by atoms with van der Waals surface area (Å²) in [6.07, 6.45) is 0.746. The molecule has 0 spiro atoms. The molecule has 3 rings (SSSR count). The third-order valence-electron chi connectivity index (χ3n) is 4.40. The van der Waals surface area contributed by atoms with Crippen LogP contribution in [0.3, 0.4) is 0 Å². The molecule has 2 aromatic carbocycles. The molecule has 0 fully saturated rings. The van der Waals surface area contributed by atoms with E-state index in [-0.39, 0.29) is 35.2 Å². The first-order valence-electron chi connectivity index (χ1n) is 7.63. The smallest absolute Gasteiger partial charge is 0.157 e. The van der Waals surface area contributed by atoms with E-state index in [9.17, 15) is 20.4 Å². The SMILES string of the molecule is CCC1OC(c2cc(O)c(O)cc2C)Cc2cc(O)c(O)cc21. The van der Waals surface area contributed by atoms with Crippen LogP contribution in [0, 0.1) is 6.92 Å². The van der Waals surface area contributed by atoms with Crippen molar-refractivity contribution < 1.29 is 25.2 Å². The fourth-order valence-corrected chi connectivity index (χ4v) is 3.18. The average Bonchev–Trinajstić information content (AvgIpc) is 2.51. The van der Waals surface area contributed by atoms with Crippen molar-refractivity contribution in [3.05, 3.63) is 46.5 Å². The molecule has 0 aromatic heterocycles. The van der Waals surface area contributed by atoms with Crippen LogP contribution in [0.5, 0.6) is 23.0 Å². The second-order valence-corrected chi connectivity index (χ2v) is 5.96. The maximum absolute atomic E-state index is 9.78. The zero-order valence-corrected chi connectivity index (χ0v) is 13.1. The number of ether oxygens (including phenoxy) is 1. The number of rotatable bonds is 2. The van der Waals surface area contributed by atoms with Crippen LogP contribution in [-0.4, -0.2) is 20.4 Å². The van der Waals surface area contributed by atoms with E-state index in [4.69, 9.17) is 4.74 Å². The molecule has 1 heterocycles. The predicted octanol–water partition coefficient (Wildman–Crippen LogP) is 3.58. The number of benzene rings is 2. The lowest BCUT2D eigenvalue weighted by atomic mass is 9.88. The van der Waals surface area contributed by atoms with Crippen molar-refractivity contribution in [2.24, 2.45) is 0 Å². The van der Waals surface area contributed by atoms with Crippen molar-refractivity contribution in [3.63, 3.8) is 0 Å². The van der Waals surface area contributed by atoms with Crippen LogP contribution in [0.2, 0.25) is 0 Å². The van der Waals surface area contributed by atoms with Crippen molar-refractivity contribution in [1.29, 1.82) is 0 Å². The van der Waals surface area contributed by atoms with Gasteiger partial charge >= 0.3 is 0 Å². The molecule has 2 aromatic rings. The highest BCUT2D eigenvalue weighted by atomic mass is 16.5. The summed E-state index contributed by atoms with van der Waals surface area (Å²) in [6, 6.07) is 6.15. The number of fused-ring (bicyclic) bond motifs is 1. The molecule has 0 radical (unpaired) electrons. The Kier molecular flexibility index (Phi) is 3.82. The molecule has 1 aliphatic heterocycles. The zero-order valence-electron chi connectivity index (χ0n) is 13.1. The van der Waals surface area contributed by atoms with Crippen LogP contribution >= 0.6 is 0 Å². The molecule has 5 nitrogen and oxygen atoms in total. The van der Waals surface area contributed by atoms with E-state index in [1.54, 1.807) is 12.1 Å². The summed E-state index contributed by atoms with van der Waals surface area (Å²) >= 11 is 0. The minimum absolute atomic E-state index is 0.149. The molecule has 0 aliphatic carbocycles. The molecule has 0 saturated carbocycles. The van der Waals surface area contributed by atoms with Crippen molar-refractivity contribution in [2.75, 3.05) is 0 Å². The molecule has 23 heavy (non-hydrogen) atoms. The zero-order chi connectivity index (χ0) is 16.7. The first-order valence-corrected chi connectivity index (χ1v) is 7.63. The number of phenolic OH excluding ortho intramolecular Hbond substituents is 4. The van der Waals surface area contributed by atoms with E-state index in [0.29, 0.717) is 6.42 Å². The van der Waals surface area contributed by atoms with E-state index >= 15 is 0 Å². The van der Waals surface area contributed by atoms with E-state index in [1.165, 1.54) is 12.1 Å². The quantitative estimate of drug-likeness (QED) is 0.636. The largest absolute Gasteiger partial charge is 0.504 e. The van der Waals surface area contributed by atoms with E-state index in [1.807, 2.05) is 13.8 Å². The highest BCUT2D eigenvalue weighted by Crippen LogP contribution is 2.44. The number of aryl methyl sites for hydroxylation is 1. The molecule has 0 amide bonds. The van der Waals surface area contributed by atoms with Gasteiger partial charge in [0.15, 0.2) is 23.0 Å². The third-order valence-corrected chi connectivity index (χ3v) is 4.40. The summed E-state index contributed by atoms with van der Waals surface area (Å²) in [5.41, 5.74) is 3.42. The fourth-order valence-electron chi connectivity index (χ4n) is 3.18. The Morgan fingerprint density at radius 3 is 2.13 bits per heavy atom. The van der Waals surface area contributed by atoms with Gasteiger partial charge in [-0.25, -0.2) is 0 Å². The Morgan fingerprint density at radius 2 is 1.48 bits per heavy atom. The Hall–Kier alpha value is -2.40. The predicted molar refractivity (Wildman–Crippen MR) is 84.8 cm³/mol. The van der Waals surface area contributed by atoms with Gasteiger partial charge in [-0.2, -0.15) is 0 Å². The summed E-state index contributed by atoms with van der Waals surface area (Å²) in [4.78, 5) is 0. The molecule has 122 valence electrons. The van der Waals surface area contributed by atoms with Crippen molar-refractivity contribution in [1.82, 2.24) is 0 Å². The summed E-state index contributed by atoms with van der Waals surface area (Å²) < 4.78 is 6.13. The fraction of sp³-hybridized carbons (Fsp3) is 0.333. The number of hydrogen-bond acceptors (Lipinski definition) is 5. The van der Waals surface area contributed by atoms with Crippen molar-refractivity contribution in [3.8, 4) is 23.0 Å². The lowest BCUT2D eigenvalue weighted by Crippen LogP contribution is -2.20. The van der Waals surface area contributed by atoms with Gasteiger partial charge in [0.1, 0.15) is 0 Å². The summed E-state index contributed by atoms with van der Waals surface area (Å²) in [7, 11) is 0. The van der Waals surface area contributed by atoms with Gasteiger partial charge in [-0.3, -0.25) is 0 Å². The van der Waals surface area contributed by atoms with Crippen LogP contribution in [0.1, 0.15) is 47.8 Å². The first kappa shape index (κ1) is 15.5. The molecule has 0 bridgehead atoms. The molecular formula is C18H20O5. The highest BCUT2D eigenvalue weighted by molar-refractivity contribution is 5.50. The summed E-state index contributed by atoms with van der Waals surface area (Å²) in [6.45, 7) is 3.84. The van der Waals surface area contributed by atoms with Crippen LogP contribution in [-0.2, 0) is 11.2 Å². The molecular weight excluding hydrogens is 296 g/mol. The van der Waals surface area contributed by atoms with Crippen LogP contribution in [0.15, 0.2) is 24.3 Å². The van der Waals surface area contributed by atoms with Crippen LogP contribution in [0.25, 0.3) is 0 Å². The monoisotopic (exact) mass is 316 g/mol. The topological polar surface area (TPSA) is 90.2 Å². The van der Waals surface area contributed by atoms with Gasteiger partial charge in [0.2, 0.25) is 0 Å². The second kappa shape index (κ2) is 5.66. The second-order valence-electron chi connectivity index (χ2n) is 5.96. The van der Waals surface area contributed by atoms with Gasteiger partial charge in [-0.15, -0.1) is 0 Å².